The molecule has 2 rings (SSSR count). The molecule has 3 atom stereocenters. The fraction of sp³-hybridized carbons (Fsp3) is 1.00. The summed E-state index contributed by atoms with van der Waals surface area (Å²) in [6.07, 6.45) is 5.39. The van der Waals surface area contributed by atoms with Gasteiger partial charge in [0, 0.05) is 25.2 Å². The zero-order valence-corrected chi connectivity index (χ0v) is 13.4. The first-order valence-electron chi connectivity index (χ1n) is 8.03. The Bertz CT molecular complexity index is 284. The second kappa shape index (κ2) is 6.11. The van der Waals surface area contributed by atoms with Crippen LogP contribution in [0.25, 0.3) is 0 Å². The second-order valence-electron chi connectivity index (χ2n) is 7.97. The number of nitrogens with zero attached hydrogens (tertiary/aromatic N) is 2. The van der Waals surface area contributed by atoms with Crippen molar-refractivity contribution in [2.75, 3.05) is 33.2 Å². The van der Waals surface area contributed by atoms with Crippen molar-refractivity contribution >= 4 is 0 Å². The summed E-state index contributed by atoms with van der Waals surface area (Å²) in [4.78, 5) is 5.31. The molecule has 0 aromatic rings. The second-order valence-corrected chi connectivity index (χ2v) is 7.97. The molecule has 3 nitrogen and oxygen atoms in total. The molecule has 2 fully saturated rings. The highest BCUT2D eigenvalue weighted by atomic mass is 15.3. The fourth-order valence-corrected chi connectivity index (χ4v) is 4.00. The van der Waals surface area contributed by atoms with Crippen LogP contribution in [0, 0.1) is 11.3 Å². The van der Waals surface area contributed by atoms with Crippen LogP contribution in [0.15, 0.2) is 0 Å². The lowest BCUT2D eigenvalue weighted by Crippen LogP contribution is -2.40. The third-order valence-electron chi connectivity index (χ3n) is 4.98. The molecule has 0 radical (unpaired) electrons. The van der Waals surface area contributed by atoms with Crippen LogP contribution in [0.5, 0.6) is 0 Å². The van der Waals surface area contributed by atoms with Crippen molar-refractivity contribution in [2.24, 2.45) is 17.1 Å². The van der Waals surface area contributed by atoms with Crippen LogP contribution in [0.4, 0.5) is 0 Å². The van der Waals surface area contributed by atoms with Crippen molar-refractivity contribution in [1.29, 1.82) is 0 Å². The predicted octanol–water partition coefficient (Wildman–Crippen LogP) is 2.17. The Kier molecular flexibility index (Phi) is 4.91. The van der Waals surface area contributed by atoms with Gasteiger partial charge in [0.25, 0.3) is 0 Å². The first kappa shape index (κ1) is 15.3. The van der Waals surface area contributed by atoms with E-state index < -0.39 is 0 Å². The number of hydrogen-bond acceptors (Lipinski definition) is 3. The molecule has 0 saturated carbocycles. The summed E-state index contributed by atoms with van der Waals surface area (Å²) in [7, 11) is 2.32. The van der Waals surface area contributed by atoms with Crippen molar-refractivity contribution in [3.8, 4) is 0 Å². The van der Waals surface area contributed by atoms with E-state index in [0.717, 1.165) is 18.6 Å². The molecular formula is C16H33N3. The minimum atomic E-state index is 0.395. The highest BCUT2D eigenvalue weighted by Gasteiger charge is 2.35. The largest absolute Gasteiger partial charge is 0.330 e. The molecule has 3 heteroatoms. The van der Waals surface area contributed by atoms with E-state index in [1.54, 1.807) is 0 Å². The van der Waals surface area contributed by atoms with Gasteiger partial charge in [-0.25, -0.2) is 0 Å². The smallest absolute Gasteiger partial charge is 0.0223 e. The monoisotopic (exact) mass is 267 g/mol. The molecule has 0 aromatic heterocycles. The molecule has 2 saturated heterocycles. The van der Waals surface area contributed by atoms with Crippen molar-refractivity contribution < 1.29 is 0 Å². The Labute approximate surface area is 119 Å². The minimum Gasteiger partial charge on any atom is -0.330 e. The van der Waals surface area contributed by atoms with Crippen molar-refractivity contribution in [3.63, 3.8) is 0 Å². The average Bonchev–Trinajstić information content (AvgIpc) is 2.54. The highest BCUT2D eigenvalue weighted by molar-refractivity contribution is 4.91. The SMILES string of the molecule is CN1C2CCC1CN(CC(CN)CC(C)(C)C)CC2. The van der Waals surface area contributed by atoms with Gasteiger partial charge in [-0.15, -0.1) is 0 Å². The van der Waals surface area contributed by atoms with E-state index in [1.807, 2.05) is 0 Å². The van der Waals surface area contributed by atoms with E-state index in [1.165, 1.54) is 45.3 Å². The third-order valence-corrected chi connectivity index (χ3v) is 4.98. The first-order valence-corrected chi connectivity index (χ1v) is 8.03. The van der Waals surface area contributed by atoms with Gasteiger partial charge in [-0.1, -0.05) is 20.8 Å². The molecule has 3 unspecified atom stereocenters. The van der Waals surface area contributed by atoms with Gasteiger partial charge in [-0.2, -0.15) is 0 Å². The number of rotatable bonds is 4. The lowest BCUT2D eigenvalue weighted by atomic mass is 9.84. The molecule has 2 aliphatic heterocycles. The van der Waals surface area contributed by atoms with Gasteiger partial charge in [0.15, 0.2) is 0 Å². The van der Waals surface area contributed by atoms with Crippen molar-refractivity contribution in [1.82, 2.24) is 9.80 Å². The van der Waals surface area contributed by atoms with Crippen LogP contribution in [-0.2, 0) is 0 Å². The zero-order valence-electron chi connectivity index (χ0n) is 13.4. The molecule has 0 aromatic carbocycles. The number of likely N-dealkylation sites (N-methyl/N-ethyl adjacent to an activating group) is 1. The van der Waals surface area contributed by atoms with Gasteiger partial charge >= 0.3 is 0 Å². The van der Waals surface area contributed by atoms with Crippen LogP contribution < -0.4 is 5.73 Å². The van der Waals surface area contributed by atoms with Gasteiger partial charge < -0.3 is 10.6 Å². The quantitative estimate of drug-likeness (QED) is 0.847. The van der Waals surface area contributed by atoms with Crippen LogP contribution >= 0.6 is 0 Å². The van der Waals surface area contributed by atoms with Gasteiger partial charge in [0.1, 0.15) is 0 Å². The lowest BCUT2D eigenvalue weighted by Gasteiger charge is -2.32. The van der Waals surface area contributed by atoms with Gasteiger partial charge in [0.2, 0.25) is 0 Å². The molecule has 0 aliphatic carbocycles. The maximum absolute atomic E-state index is 6.00. The molecule has 19 heavy (non-hydrogen) atoms. The minimum absolute atomic E-state index is 0.395. The van der Waals surface area contributed by atoms with E-state index in [4.69, 9.17) is 5.73 Å². The fourth-order valence-electron chi connectivity index (χ4n) is 4.00. The summed E-state index contributed by atoms with van der Waals surface area (Å²) >= 11 is 0. The number of nitrogens with two attached hydrogens (primary N) is 1. The van der Waals surface area contributed by atoms with Crippen molar-refractivity contribution in [3.05, 3.63) is 0 Å². The summed E-state index contributed by atoms with van der Waals surface area (Å²) in [6.45, 7) is 11.5. The average molecular weight is 267 g/mol. The Hall–Kier alpha value is -0.120. The standard InChI is InChI=1S/C16H33N3/c1-16(2,3)9-13(10-17)11-19-8-7-14-5-6-15(12-19)18(14)4/h13-15H,5-12,17H2,1-4H3. The topological polar surface area (TPSA) is 32.5 Å². The summed E-state index contributed by atoms with van der Waals surface area (Å²) in [5.41, 5.74) is 6.40. The van der Waals surface area contributed by atoms with Gasteiger partial charge in [-0.3, -0.25) is 4.90 Å². The summed E-state index contributed by atoms with van der Waals surface area (Å²) in [6, 6.07) is 1.63. The summed E-state index contributed by atoms with van der Waals surface area (Å²) in [5.74, 6) is 0.655. The van der Waals surface area contributed by atoms with E-state index in [-0.39, 0.29) is 0 Å². The third kappa shape index (κ3) is 4.17. The Balaban J connectivity index is 1.88. The predicted molar refractivity (Wildman–Crippen MR) is 82.2 cm³/mol. The van der Waals surface area contributed by atoms with Crippen LogP contribution in [0.2, 0.25) is 0 Å². The van der Waals surface area contributed by atoms with E-state index in [0.29, 0.717) is 11.3 Å². The Morgan fingerprint density at radius 1 is 1.16 bits per heavy atom. The molecule has 2 N–H and O–H groups in total. The molecule has 112 valence electrons. The van der Waals surface area contributed by atoms with Gasteiger partial charge in [-0.05, 0) is 57.2 Å². The van der Waals surface area contributed by atoms with Crippen LogP contribution in [-0.4, -0.2) is 55.1 Å². The maximum atomic E-state index is 6.00. The van der Waals surface area contributed by atoms with Gasteiger partial charge in [0.05, 0.1) is 0 Å². The number of hydrogen-bond donors (Lipinski definition) is 1. The maximum Gasteiger partial charge on any atom is 0.0223 e. The Morgan fingerprint density at radius 3 is 2.47 bits per heavy atom. The first-order chi connectivity index (χ1) is 8.89. The molecule has 2 heterocycles. The zero-order chi connectivity index (χ0) is 14.0. The van der Waals surface area contributed by atoms with E-state index in [2.05, 4.69) is 37.6 Å². The lowest BCUT2D eigenvalue weighted by molar-refractivity contribution is 0.176. The van der Waals surface area contributed by atoms with E-state index in [9.17, 15) is 0 Å². The normalized spacial score (nSPS) is 31.4. The Morgan fingerprint density at radius 2 is 1.84 bits per heavy atom. The molecule has 0 spiro atoms. The summed E-state index contributed by atoms with van der Waals surface area (Å²) in [5, 5.41) is 0. The summed E-state index contributed by atoms with van der Waals surface area (Å²) < 4.78 is 0. The number of likely N-dealkylation sites (tertiary alicyclic amines) is 1. The molecular weight excluding hydrogens is 234 g/mol. The molecule has 2 bridgehead atoms. The van der Waals surface area contributed by atoms with Crippen LogP contribution in [0.1, 0.15) is 46.5 Å². The highest BCUT2D eigenvalue weighted by Crippen LogP contribution is 2.30. The van der Waals surface area contributed by atoms with E-state index >= 15 is 0 Å². The molecule has 0 amide bonds. The van der Waals surface area contributed by atoms with Crippen molar-refractivity contribution in [2.45, 2.75) is 58.5 Å². The molecule has 2 aliphatic rings. The number of fused-ring (bicyclic) bond motifs is 2. The van der Waals surface area contributed by atoms with Crippen LogP contribution in [0.3, 0.4) is 0 Å².